The quantitative estimate of drug-likeness (QED) is 0.524. The van der Waals surface area contributed by atoms with Crippen LogP contribution in [0.25, 0.3) is 10.8 Å². The largest absolute Gasteiger partial charge is 0.507 e. The Balaban J connectivity index is 2.04. The van der Waals surface area contributed by atoms with E-state index in [-0.39, 0.29) is 17.1 Å². The van der Waals surface area contributed by atoms with Crippen molar-refractivity contribution in [1.82, 2.24) is 0 Å². The summed E-state index contributed by atoms with van der Waals surface area (Å²) >= 11 is 1.97. The fourth-order valence-electron chi connectivity index (χ4n) is 4.48. The summed E-state index contributed by atoms with van der Waals surface area (Å²) in [6.07, 6.45) is 3.12. The van der Waals surface area contributed by atoms with Gasteiger partial charge in [-0.15, -0.1) is 4.91 Å². The monoisotopic (exact) mass is 421 g/mol. The number of nitroso groups, excluding NO2 is 1. The summed E-state index contributed by atoms with van der Waals surface area (Å²) in [4.78, 5) is 23.7. The van der Waals surface area contributed by atoms with Crippen molar-refractivity contribution in [3.8, 4) is 5.75 Å². The molecule has 0 radical (unpaired) electrons. The van der Waals surface area contributed by atoms with Crippen LogP contribution in [0.5, 0.6) is 5.75 Å². The van der Waals surface area contributed by atoms with E-state index in [0.29, 0.717) is 21.5 Å². The Kier molecular flexibility index (Phi) is 3.27. The third-order valence-corrected chi connectivity index (χ3v) is 6.83. The molecular weight excluding hydrogens is 405 g/mol. The van der Waals surface area contributed by atoms with Crippen molar-refractivity contribution < 1.29 is 9.90 Å². The molecule has 0 unspecified atom stereocenters. The number of benzene rings is 2. The molecule has 0 amide bonds. The lowest BCUT2D eigenvalue weighted by Gasteiger charge is -2.37. The summed E-state index contributed by atoms with van der Waals surface area (Å²) in [5.41, 5.74) is 2.38. The number of phenols is 1. The maximum atomic E-state index is 12.3. The van der Waals surface area contributed by atoms with Gasteiger partial charge in [0.2, 0.25) is 0 Å². The van der Waals surface area contributed by atoms with Crippen LogP contribution in [0.2, 0.25) is 0 Å². The van der Waals surface area contributed by atoms with Gasteiger partial charge in [0, 0.05) is 17.2 Å². The van der Waals surface area contributed by atoms with Gasteiger partial charge in [0.15, 0.2) is 0 Å². The lowest BCUT2D eigenvalue weighted by atomic mass is 9.66. The van der Waals surface area contributed by atoms with Gasteiger partial charge in [-0.3, -0.25) is 4.79 Å². The molecule has 1 fully saturated rings. The molecule has 4 nitrogen and oxygen atoms in total. The van der Waals surface area contributed by atoms with E-state index in [4.69, 9.17) is 0 Å². The summed E-state index contributed by atoms with van der Waals surface area (Å²) in [6, 6.07) is 5.70. The second kappa shape index (κ2) is 5.00. The van der Waals surface area contributed by atoms with Crippen molar-refractivity contribution in [1.29, 1.82) is 0 Å². The minimum atomic E-state index is -0.264. The molecule has 0 bridgehead atoms. The molecule has 23 heavy (non-hydrogen) atoms. The number of nitrogens with zero attached hydrogens (tertiary/aromatic N) is 1. The number of aromatic hydroxyl groups is 1. The Morgan fingerprint density at radius 3 is 2.87 bits per heavy atom. The number of hydrogen-bond donors (Lipinski definition) is 1. The van der Waals surface area contributed by atoms with Crippen LogP contribution in [-0.2, 0) is 11.2 Å². The second-order valence-corrected chi connectivity index (χ2v) is 7.89. The van der Waals surface area contributed by atoms with Crippen LogP contribution in [-0.4, -0.2) is 10.9 Å². The second-order valence-electron chi connectivity index (χ2n) is 6.81. The minimum Gasteiger partial charge on any atom is -0.507 e. The summed E-state index contributed by atoms with van der Waals surface area (Å²) < 4.78 is 0.495. The first-order chi connectivity index (χ1) is 11.0. The number of hydrogen-bond acceptors (Lipinski definition) is 4. The van der Waals surface area contributed by atoms with E-state index in [1.165, 1.54) is 5.56 Å². The summed E-state index contributed by atoms with van der Waals surface area (Å²) in [6.45, 7) is 2.08. The first kappa shape index (κ1) is 15.1. The van der Waals surface area contributed by atoms with E-state index < -0.39 is 0 Å². The molecule has 118 valence electrons. The lowest BCUT2D eigenvalue weighted by Crippen LogP contribution is -2.32. The van der Waals surface area contributed by atoms with Gasteiger partial charge in [-0.05, 0) is 75.5 Å². The van der Waals surface area contributed by atoms with E-state index in [9.17, 15) is 14.8 Å². The number of aryl methyl sites for hydroxylation is 1. The molecule has 2 aliphatic carbocycles. The van der Waals surface area contributed by atoms with Crippen LogP contribution in [0, 0.1) is 13.9 Å². The summed E-state index contributed by atoms with van der Waals surface area (Å²) in [5, 5.41) is 14.9. The van der Waals surface area contributed by atoms with Crippen molar-refractivity contribution in [2.45, 2.75) is 38.5 Å². The van der Waals surface area contributed by atoms with Gasteiger partial charge in [-0.25, -0.2) is 0 Å². The first-order valence-corrected chi connectivity index (χ1v) is 8.89. The van der Waals surface area contributed by atoms with Crippen LogP contribution >= 0.6 is 22.6 Å². The van der Waals surface area contributed by atoms with Gasteiger partial charge in [0.05, 0.1) is 3.57 Å². The van der Waals surface area contributed by atoms with Crippen LogP contribution in [0.15, 0.2) is 23.4 Å². The van der Waals surface area contributed by atoms with Crippen LogP contribution < -0.4 is 0 Å². The van der Waals surface area contributed by atoms with Crippen LogP contribution in [0.1, 0.15) is 43.2 Å². The number of phenolic OH excluding ortho intramolecular Hbond substituents is 1. The van der Waals surface area contributed by atoms with E-state index in [0.717, 1.165) is 35.6 Å². The molecule has 2 aliphatic rings. The Morgan fingerprint density at radius 1 is 1.35 bits per heavy atom. The topological polar surface area (TPSA) is 66.7 Å². The van der Waals surface area contributed by atoms with Crippen LogP contribution in [0.3, 0.4) is 0 Å². The molecule has 2 aromatic carbocycles. The van der Waals surface area contributed by atoms with E-state index in [1.54, 1.807) is 6.07 Å². The summed E-state index contributed by atoms with van der Waals surface area (Å²) in [5.74, 6) is 0.681. The van der Waals surface area contributed by atoms with Gasteiger partial charge in [-0.1, -0.05) is 19.1 Å². The molecule has 0 aliphatic heterocycles. The Morgan fingerprint density at radius 2 is 2.13 bits per heavy atom. The molecule has 0 heterocycles. The van der Waals surface area contributed by atoms with Gasteiger partial charge < -0.3 is 5.11 Å². The number of halogens is 1. The highest BCUT2D eigenvalue weighted by Gasteiger charge is 2.49. The zero-order chi connectivity index (χ0) is 16.4. The van der Waals surface area contributed by atoms with Crippen molar-refractivity contribution in [3.05, 3.63) is 37.8 Å². The molecular formula is C18H16INO3. The Labute approximate surface area is 147 Å². The number of carbonyl (C=O) groups excluding carboxylic acids is 1. The van der Waals surface area contributed by atoms with Crippen LogP contribution in [0.4, 0.5) is 5.69 Å². The average Bonchev–Trinajstić information content (AvgIpc) is 2.84. The minimum absolute atomic E-state index is 0.0874. The number of rotatable bonds is 1. The van der Waals surface area contributed by atoms with E-state index in [2.05, 4.69) is 18.2 Å². The molecule has 2 atom stereocenters. The highest BCUT2D eigenvalue weighted by molar-refractivity contribution is 14.1. The third-order valence-electron chi connectivity index (χ3n) is 5.77. The normalized spacial score (nSPS) is 26.2. The van der Waals surface area contributed by atoms with Crippen molar-refractivity contribution in [3.63, 3.8) is 0 Å². The maximum absolute atomic E-state index is 12.3. The number of Topliss-reactive ketones (excluding diaryl/α,β-unsaturated/α-hetero) is 1. The lowest BCUT2D eigenvalue weighted by molar-refractivity contribution is -0.126. The number of carbonyl (C=O) groups is 1. The smallest absolute Gasteiger partial charge is 0.139 e. The van der Waals surface area contributed by atoms with Gasteiger partial charge >= 0.3 is 0 Å². The predicted molar refractivity (Wildman–Crippen MR) is 97.2 cm³/mol. The van der Waals surface area contributed by atoms with Crippen molar-refractivity contribution in [2.75, 3.05) is 0 Å². The molecule has 0 spiro atoms. The van der Waals surface area contributed by atoms with E-state index >= 15 is 0 Å². The first-order valence-electron chi connectivity index (χ1n) is 7.81. The molecule has 1 saturated carbocycles. The molecule has 0 saturated heterocycles. The molecule has 5 heteroatoms. The predicted octanol–water partition coefficient (Wildman–Crippen LogP) is 4.95. The zero-order valence-corrected chi connectivity index (χ0v) is 14.9. The summed E-state index contributed by atoms with van der Waals surface area (Å²) in [7, 11) is 0. The number of ketones is 1. The maximum Gasteiger partial charge on any atom is 0.139 e. The van der Waals surface area contributed by atoms with Gasteiger partial charge in [0.25, 0.3) is 0 Å². The van der Waals surface area contributed by atoms with Crippen molar-refractivity contribution >= 4 is 44.8 Å². The van der Waals surface area contributed by atoms with Gasteiger partial charge in [-0.2, -0.15) is 0 Å². The number of fused-ring (bicyclic) bond motifs is 5. The fraction of sp³-hybridized carbons (Fsp3) is 0.389. The molecule has 0 aromatic heterocycles. The molecule has 4 rings (SSSR count). The SMILES string of the molecule is C[C@]12CCc3c(ccc4cc(O)c(I)c(N=O)c34)[C@@H]1CCC2=O. The van der Waals surface area contributed by atoms with E-state index in [1.807, 2.05) is 28.7 Å². The highest BCUT2D eigenvalue weighted by Crippen LogP contribution is 2.55. The van der Waals surface area contributed by atoms with Gasteiger partial charge in [0.1, 0.15) is 17.2 Å². The Bertz CT molecular complexity index is 876. The fourth-order valence-corrected chi connectivity index (χ4v) is 5.00. The van der Waals surface area contributed by atoms with Crippen molar-refractivity contribution in [2.24, 2.45) is 10.6 Å². The standard InChI is InChI=1S/C18H16INO3/c1-18-7-6-11-10(12(18)4-5-14(18)22)3-2-9-8-13(21)16(19)17(20-23)15(9)11/h2-3,8,12,21H,4-7H2,1H3/t12-,18-/m0/s1. The highest BCUT2D eigenvalue weighted by atomic mass is 127. The zero-order valence-electron chi connectivity index (χ0n) is 12.7. The third kappa shape index (κ3) is 1.92. The Hall–Kier alpha value is -1.50. The average molecular weight is 421 g/mol. The molecule has 2 aromatic rings. The molecule has 1 N–H and O–H groups in total.